The van der Waals surface area contributed by atoms with Crippen LogP contribution in [0.3, 0.4) is 0 Å². The molecule has 3 aromatic rings. The fraction of sp³-hybridized carbons (Fsp3) is 0.105. The molecule has 0 amide bonds. The van der Waals surface area contributed by atoms with Crippen LogP contribution in [-0.2, 0) is 14.8 Å². The van der Waals surface area contributed by atoms with Gasteiger partial charge < -0.3 is 4.74 Å². The molecule has 0 aliphatic heterocycles. The molecule has 0 unspecified atom stereocenters. The predicted molar refractivity (Wildman–Crippen MR) is 103 cm³/mol. The topological polar surface area (TPSA) is 72.5 Å². The molecule has 27 heavy (non-hydrogen) atoms. The molecule has 2 aromatic carbocycles. The van der Waals surface area contributed by atoms with Gasteiger partial charge in [0.05, 0.1) is 12.2 Å². The molecule has 140 valence electrons. The van der Waals surface area contributed by atoms with Crippen LogP contribution in [0.25, 0.3) is 10.4 Å². The molecule has 0 aliphatic rings. The Hall–Kier alpha value is -2.71. The highest BCUT2D eigenvalue weighted by molar-refractivity contribution is 7.94. The van der Waals surface area contributed by atoms with E-state index in [0.717, 1.165) is 16.9 Å². The van der Waals surface area contributed by atoms with Gasteiger partial charge in [0.2, 0.25) is 0 Å². The van der Waals surface area contributed by atoms with Gasteiger partial charge in [0.15, 0.2) is 0 Å². The molecule has 1 N–H and O–H groups in total. The van der Waals surface area contributed by atoms with Crippen LogP contribution in [0.15, 0.2) is 64.9 Å². The summed E-state index contributed by atoms with van der Waals surface area (Å²) in [6.45, 7) is 1.98. The van der Waals surface area contributed by atoms with Crippen molar-refractivity contribution in [1.29, 1.82) is 0 Å². The number of benzene rings is 2. The summed E-state index contributed by atoms with van der Waals surface area (Å²) in [5, 5.41) is 0. The van der Waals surface area contributed by atoms with Crippen LogP contribution in [0.5, 0.6) is 0 Å². The predicted octanol–water partition coefficient (Wildman–Crippen LogP) is 4.53. The van der Waals surface area contributed by atoms with Crippen molar-refractivity contribution >= 4 is 33.0 Å². The fourth-order valence-corrected chi connectivity index (χ4v) is 4.70. The number of anilines is 1. The summed E-state index contributed by atoms with van der Waals surface area (Å²) in [7, 11) is -3.77. The number of ether oxygens (including phenoxy) is 1. The van der Waals surface area contributed by atoms with Crippen LogP contribution in [0, 0.1) is 5.82 Å². The zero-order valence-electron chi connectivity index (χ0n) is 14.3. The number of carbonyl (C=O) groups is 1. The number of esters is 1. The summed E-state index contributed by atoms with van der Waals surface area (Å²) < 4.78 is 45.7. The highest BCUT2D eigenvalue weighted by atomic mass is 32.2. The Bertz CT molecular complexity index is 1040. The zero-order chi connectivity index (χ0) is 19.4. The Balaban J connectivity index is 1.77. The molecule has 0 aliphatic carbocycles. The van der Waals surface area contributed by atoms with E-state index in [2.05, 4.69) is 4.72 Å². The third-order valence-electron chi connectivity index (χ3n) is 3.62. The molecular weight excluding hydrogens is 389 g/mol. The third kappa shape index (κ3) is 4.53. The van der Waals surface area contributed by atoms with Crippen molar-refractivity contribution in [2.24, 2.45) is 0 Å². The maximum absolute atomic E-state index is 13.0. The van der Waals surface area contributed by atoms with Crippen LogP contribution in [0.4, 0.5) is 10.1 Å². The first-order valence-electron chi connectivity index (χ1n) is 8.05. The standard InChI is InChI=1S/C19H16FNO4S2/c1-2-25-19(22)14-5-9-16(10-6-14)21-27(23,24)18-12-11-17(26-18)13-3-7-15(20)8-4-13/h3-12,21H,2H2,1H3. The quantitative estimate of drug-likeness (QED) is 0.612. The van der Waals surface area contributed by atoms with Gasteiger partial charge in [-0.15, -0.1) is 11.3 Å². The summed E-state index contributed by atoms with van der Waals surface area (Å²) in [5.74, 6) is -0.815. The Morgan fingerprint density at radius 2 is 1.70 bits per heavy atom. The normalized spacial score (nSPS) is 11.2. The minimum absolute atomic E-state index is 0.135. The van der Waals surface area contributed by atoms with Crippen molar-refractivity contribution < 1.29 is 22.3 Å². The summed E-state index contributed by atoms with van der Waals surface area (Å²) in [4.78, 5) is 12.4. The highest BCUT2D eigenvalue weighted by Gasteiger charge is 2.18. The first-order valence-corrected chi connectivity index (χ1v) is 10.3. The molecule has 0 radical (unpaired) electrons. The average molecular weight is 405 g/mol. The van der Waals surface area contributed by atoms with Crippen LogP contribution < -0.4 is 4.72 Å². The van der Waals surface area contributed by atoms with Crippen LogP contribution in [0.2, 0.25) is 0 Å². The van der Waals surface area contributed by atoms with Gasteiger partial charge in [-0.05, 0) is 61.0 Å². The van der Waals surface area contributed by atoms with Crippen molar-refractivity contribution in [1.82, 2.24) is 0 Å². The molecular formula is C19H16FNO4S2. The SMILES string of the molecule is CCOC(=O)c1ccc(NS(=O)(=O)c2ccc(-c3ccc(F)cc3)s2)cc1. The van der Waals surface area contributed by atoms with Gasteiger partial charge in [-0.2, -0.15) is 0 Å². The Kier molecular flexibility index (Phi) is 5.57. The minimum Gasteiger partial charge on any atom is -0.462 e. The van der Waals surface area contributed by atoms with E-state index in [1.165, 1.54) is 42.5 Å². The van der Waals surface area contributed by atoms with E-state index in [4.69, 9.17) is 4.74 Å². The minimum atomic E-state index is -3.77. The molecule has 0 saturated carbocycles. The van der Waals surface area contributed by atoms with Gasteiger partial charge in [0.25, 0.3) is 10.0 Å². The van der Waals surface area contributed by atoms with Crippen molar-refractivity contribution in [3.63, 3.8) is 0 Å². The fourth-order valence-electron chi connectivity index (χ4n) is 2.33. The second-order valence-electron chi connectivity index (χ2n) is 5.53. The number of hydrogen-bond donors (Lipinski definition) is 1. The maximum atomic E-state index is 13.0. The summed E-state index contributed by atoms with van der Waals surface area (Å²) in [5.41, 5.74) is 1.41. The number of sulfonamides is 1. The van der Waals surface area contributed by atoms with E-state index in [1.54, 1.807) is 25.1 Å². The Morgan fingerprint density at radius 1 is 1.04 bits per heavy atom. The summed E-state index contributed by atoms with van der Waals surface area (Å²) >= 11 is 1.09. The number of nitrogens with one attached hydrogen (secondary N) is 1. The van der Waals surface area contributed by atoms with Gasteiger partial charge in [-0.25, -0.2) is 17.6 Å². The Morgan fingerprint density at radius 3 is 2.33 bits per heavy atom. The summed E-state index contributed by atoms with van der Waals surface area (Å²) in [6.07, 6.45) is 0. The van der Waals surface area contributed by atoms with Gasteiger partial charge in [0.1, 0.15) is 10.0 Å². The van der Waals surface area contributed by atoms with Crippen LogP contribution in [0.1, 0.15) is 17.3 Å². The lowest BCUT2D eigenvalue weighted by molar-refractivity contribution is 0.0526. The summed E-state index contributed by atoms with van der Waals surface area (Å²) in [6, 6.07) is 15.0. The van der Waals surface area contributed by atoms with Crippen LogP contribution >= 0.6 is 11.3 Å². The molecule has 1 aromatic heterocycles. The lowest BCUT2D eigenvalue weighted by Crippen LogP contribution is -2.11. The number of rotatable bonds is 6. The molecule has 1 heterocycles. The molecule has 3 rings (SSSR count). The number of carbonyl (C=O) groups excluding carboxylic acids is 1. The highest BCUT2D eigenvalue weighted by Crippen LogP contribution is 2.31. The molecule has 8 heteroatoms. The van der Waals surface area contributed by atoms with E-state index >= 15 is 0 Å². The van der Waals surface area contributed by atoms with E-state index < -0.39 is 16.0 Å². The first kappa shape index (κ1) is 19.1. The third-order valence-corrected chi connectivity index (χ3v) is 6.63. The molecule has 0 saturated heterocycles. The largest absolute Gasteiger partial charge is 0.462 e. The van der Waals surface area contributed by atoms with E-state index in [0.29, 0.717) is 16.1 Å². The lowest BCUT2D eigenvalue weighted by Gasteiger charge is -2.07. The first-order chi connectivity index (χ1) is 12.9. The smallest absolute Gasteiger partial charge is 0.338 e. The number of halogens is 1. The van der Waals surface area contributed by atoms with Crippen molar-refractivity contribution in [3.05, 3.63) is 72.0 Å². The Labute approximate surface area is 160 Å². The van der Waals surface area contributed by atoms with Crippen molar-refractivity contribution in [3.8, 4) is 10.4 Å². The molecule has 0 spiro atoms. The molecule has 0 atom stereocenters. The van der Waals surface area contributed by atoms with Gasteiger partial charge in [-0.1, -0.05) is 12.1 Å². The average Bonchev–Trinajstić information content (AvgIpc) is 3.14. The van der Waals surface area contributed by atoms with Gasteiger partial charge >= 0.3 is 5.97 Å². The zero-order valence-corrected chi connectivity index (χ0v) is 15.9. The lowest BCUT2D eigenvalue weighted by atomic mass is 10.2. The number of hydrogen-bond acceptors (Lipinski definition) is 5. The molecule has 5 nitrogen and oxygen atoms in total. The second-order valence-corrected chi connectivity index (χ2v) is 8.52. The monoisotopic (exact) mass is 405 g/mol. The van der Waals surface area contributed by atoms with E-state index in [1.807, 2.05) is 0 Å². The van der Waals surface area contributed by atoms with Crippen molar-refractivity contribution in [2.45, 2.75) is 11.1 Å². The molecule has 0 fully saturated rings. The second kappa shape index (κ2) is 7.89. The number of thiophene rings is 1. The maximum Gasteiger partial charge on any atom is 0.338 e. The molecule has 0 bridgehead atoms. The van der Waals surface area contributed by atoms with E-state index in [-0.39, 0.29) is 16.6 Å². The van der Waals surface area contributed by atoms with Crippen molar-refractivity contribution in [2.75, 3.05) is 11.3 Å². The van der Waals surface area contributed by atoms with Crippen LogP contribution in [-0.4, -0.2) is 21.0 Å². The van der Waals surface area contributed by atoms with Gasteiger partial charge in [0, 0.05) is 10.6 Å². The van der Waals surface area contributed by atoms with Gasteiger partial charge in [-0.3, -0.25) is 4.72 Å². The van der Waals surface area contributed by atoms with E-state index in [9.17, 15) is 17.6 Å².